The van der Waals surface area contributed by atoms with Gasteiger partial charge in [-0.1, -0.05) is 30.3 Å². The fourth-order valence-corrected chi connectivity index (χ4v) is 2.40. The Balaban J connectivity index is 2.40. The Morgan fingerprint density at radius 1 is 1.12 bits per heavy atom. The van der Waals surface area contributed by atoms with Gasteiger partial charge in [0.25, 0.3) is 11.6 Å². The number of rotatable bonds is 5. The molecule has 2 aromatic carbocycles. The van der Waals surface area contributed by atoms with E-state index in [1.807, 2.05) is 30.3 Å². The van der Waals surface area contributed by atoms with Crippen LogP contribution in [-0.4, -0.2) is 23.9 Å². The number of carbonyl (C=O) groups excluding carboxylic acids is 2. The van der Waals surface area contributed by atoms with E-state index in [1.54, 1.807) is 13.8 Å². The molecule has 0 aromatic heterocycles. The second-order valence-electron chi connectivity index (χ2n) is 5.93. The van der Waals surface area contributed by atoms with E-state index in [4.69, 9.17) is 0 Å². The number of benzene rings is 2. The Labute approximate surface area is 144 Å². The lowest BCUT2D eigenvalue weighted by molar-refractivity contribution is -0.385. The molecule has 2 aromatic rings. The van der Waals surface area contributed by atoms with Crippen molar-refractivity contribution in [2.24, 2.45) is 0 Å². The largest absolute Gasteiger partial charge is 0.465 e. The van der Waals surface area contributed by atoms with Gasteiger partial charge in [0.2, 0.25) is 0 Å². The molecule has 0 radical (unpaired) electrons. The second-order valence-corrected chi connectivity index (χ2v) is 5.93. The summed E-state index contributed by atoms with van der Waals surface area (Å²) in [5.74, 6) is -1.32. The molecule has 25 heavy (non-hydrogen) atoms. The third-order valence-corrected chi connectivity index (χ3v) is 3.78. The van der Waals surface area contributed by atoms with E-state index in [0.29, 0.717) is 0 Å². The van der Waals surface area contributed by atoms with Gasteiger partial charge in [0, 0.05) is 6.07 Å². The fraction of sp³-hybridized carbons (Fsp3) is 0.222. The SMILES string of the molecule is COC(=O)c1ccc([N+](=O)[O-])c(C(=O)NC(C)(C)c2ccccc2)c1. The normalized spacial score (nSPS) is 10.8. The summed E-state index contributed by atoms with van der Waals surface area (Å²) in [5, 5.41) is 14.0. The van der Waals surface area contributed by atoms with Gasteiger partial charge >= 0.3 is 5.97 Å². The average Bonchev–Trinajstić information content (AvgIpc) is 2.60. The Kier molecular flexibility index (Phi) is 5.17. The molecule has 130 valence electrons. The van der Waals surface area contributed by atoms with Crippen molar-refractivity contribution in [3.05, 3.63) is 75.3 Å². The molecule has 7 nitrogen and oxygen atoms in total. The molecule has 0 saturated heterocycles. The first-order chi connectivity index (χ1) is 11.8. The van der Waals surface area contributed by atoms with Crippen LogP contribution in [0.4, 0.5) is 5.69 Å². The predicted octanol–water partition coefficient (Wildman–Crippen LogP) is 3.05. The van der Waals surface area contributed by atoms with Crippen molar-refractivity contribution in [2.45, 2.75) is 19.4 Å². The van der Waals surface area contributed by atoms with Crippen LogP contribution >= 0.6 is 0 Å². The number of nitro benzene ring substituents is 1. The highest BCUT2D eigenvalue weighted by molar-refractivity contribution is 6.01. The fourth-order valence-electron chi connectivity index (χ4n) is 2.40. The van der Waals surface area contributed by atoms with E-state index < -0.39 is 22.3 Å². The number of nitro groups is 1. The number of nitrogens with one attached hydrogen (secondary N) is 1. The Bertz CT molecular complexity index is 815. The topological polar surface area (TPSA) is 98.5 Å². The molecule has 0 aliphatic heterocycles. The van der Waals surface area contributed by atoms with Gasteiger partial charge in [-0.25, -0.2) is 4.79 Å². The summed E-state index contributed by atoms with van der Waals surface area (Å²) in [5.41, 5.74) is -0.426. The Morgan fingerprint density at radius 3 is 2.32 bits per heavy atom. The summed E-state index contributed by atoms with van der Waals surface area (Å²) < 4.78 is 4.60. The van der Waals surface area contributed by atoms with Crippen molar-refractivity contribution in [3.8, 4) is 0 Å². The summed E-state index contributed by atoms with van der Waals surface area (Å²) in [7, 11) is 1.20. The number of ether oxygens (including phenoxy) is 1. The van der Waals surface area contributed by atoms with Gasteiger partial charge in [-0.05, 0) is 31.5 Å². The molecule has 0 unspecified atom stereocenters. The van der Waals surface area contributed by atoms with E-state index in [9.17, 15) is 19.7 Å². The first kappa shape index (κ1) is 18.1. The average molecular weight is 342 g/mol. The molecule has 7 heteroatoms. The van der Waals surface area contributed by atoms with Gasteiger partial charge < -0.3 is 10.1 Å². The van der Waals surface area contributed by atoms with E-state index in [2.05, 4.69) is 10.1 Å². The third-order valence-electron chi connectivity index (χ3n) is 3.78. The zero-order valence-electron chi connectivity index (χ0n) is 14.1. The van der Waals surface area contributed by atoms with Gasteiger partial charge in [0.05, 0.1) is 23.1 Å². The molecule has 0 atom stereocenters. The number of methoxy groups -OCH3 is 1. The summed E-state index contributed by atoms with van der Waals surface area (Å²) in [4.78, 5) is 34.9. The summed E-state index contributed by atoms with van der Waals surface area (Å²) in [6.45, 7) is 3.58. The van der Waals surface area contributed by atoms with Crippen LogP contribution in [0.25, 0.3) is 0 Å². The van der Waals surface area contributed by atoms with Crippen LogP contribution in [0, 0.1) is 10.1 Å². The molecular weight excluding hydrogens is 324 g/mol. The third kappa shape index (κ3) is 4.00. The van der Waals surface area contributed by atoms with E-state index >= 15 is 0 Å². The molecule has 0 spiro atoms. The lowest BCUT2D eigenvalue weighted by Gasteiger charge is -2.27. The summed E-state index contributed by atoms with van der Waals surface area (Å²) in [6.07, 6.45) is 0. The molecule has 0 saturated carbocycles. The van der Waals surface area contributed by atoms with Gasteiger partial charge in [0.1, 0.15) is 5.56 Å². The van der Waals surface area contributed by atoms with Gasteiger partial charge in [-0.3, -0.25) is 14.9 Å². The van der Waals surface area contributed by atoms with Crippen LogP contribution in [-0.2, 0) is 10.3 Å². The van der Waals surface area contributed by atoms with Crippen molar-refractivity contribution in [2.75, 3.05) is 7.11 Å². The number of nitrogens with zero attached hydrogens (tertiary/aromatic N) is 1. The molecular formula is C18H18N2O5. The van der Waals surface area contributed by atoms with Crippen molar-refractivity contribution in [1.29, 1.82) is 0 Å². The molecule has 1 N–H and O–H groups in total. The van der Waals surface area contributed by atoms with Crippen LogP contribution in [0.1, 0.15) is 40.1 Å². The molecule has 0 fully saturated rings. The van der Waals surface area contributed by atoms with E-state index in [0.717, 1.165) is 11.6 Å². The van der Waals surface area contributed by atoms with E-state index in [1.165, 1.54) is 19.2 Å². The predicted molar refractivity (Wildman–Crippen MR) is 91.4 cm³/mol. The van der Waals surface area contributed by atoms with Crippen LogP contribution in [0.2, 0.25) is 0 Å². The zero-order chi connectivity index (χ0) is 18.6. The maximum atomic E-state index is 12.7. The molecule has 0 bridgehead atoms. The van der Waals surface area contributed by atoms with Crippen LogP contribution in [0.3, 0.4) is 0 Å². The first-order valence-corrected chi connectivity index (χ1v) is 7.51. The lowest BCUT2D eigenvalue weighted by atomic mass is 9.93. The highest BCUT2D eigenvalue weighted by Crippen LogP contribution is 2.24. The maximum Gasteiger partial charge on any atom is 0.337 e. The minimum absolute atomic E-state index is 0.0655. The van der Waals surface area contributed by atoms with E-state index in [-0.39, 0.29) is 16.8 Å². The molecule has 0 aliphatic carbocycles. The van der Waals surface area contributed by atoms with Crippen molar-refractivity contribution >= 4 is 17.6 Å². The number of hydrogen-bond acceptors (Lipinski definition) is 5. The summed E-state index contributed by atoms with van der Waals surface area (Å²) >= 11 is 0. The smallest absolute Gasteiger partial charge is 0.337 e. The van der Waals surface area contributed by atoms with Crippen LogP contribution < -0.4 is 5.32 Å². The van der Waals surface area contributed by atoms with Gasteiger partial charge in [-0.2, -0.15) is 0 Å². The molecule has 0 heterocycles. The minimum atomic E-state index is -0.756. The van der Waals surface area contributed by atoms with Crippen molar-refractivity contribution in [1.82, 2.24) is 5.32 Å². The van der Waals surface area contributed by atoms with Crippen molar-refractivity contribution in [3.63, 3.8) is 0 Å². The number of hydrogen-bond donors (Lipinski definition) is 1. The summed E-state index contributed by atoms with van der Waals surface area (Å²) in [6, 6.07) is 12.8. The molecule has 1 amide bonds. The highest BCUT2D eigenvalue weighted by Gasteiger charge is 2.28. The highest BCUT2D eigenvalue weighted by atomic mass is 16.6. The minimum Gasteiger partial charge on any atom is -0.465 e. The van der Waals surface area contributed by atoms with Gasteiger partial charge in [0.15, 0.2) is 0 Å². The maximum absolute atomic E-state index is 12.7. The van der Waals surface area contributed by atoms with Crippen LogP contribution in [0.5, 0.6) is 0 Å². The van der Waals surface area contributed by atoms with Crippen LogP contribution in [0.15, 0.2) is 48.5 Å². The number of amides is 1. The monoisotopic (exact) mass is 342 g/mol. The number of carbonyl (C=O) groups is 2. The Hall–Kier alpha value is -3.22. The molecule has 0 aliphatic rings. The zero-order valence-corrected chi connectivity index (χ0v) is 14.1. The quantitative estimate of drug-likeness (QED) is 0.511. The lowest BCUT2D eigenvalue weighted by Crippen LogP contribution is -2.41. The Morgan fingerprint density at radius 2 is 1.76 bits per heavy atom. The number of esters is 1. The van der Waals surface area contributed by atoms with Gasteiger partial charge in [-0.15, -0.1) is 0 Å². The van der Waals surface area contributed by atoms with Crippen molar-refractivity contribution < 1.29 is 19.2 Å². The standard InChI is InChI=1S/C18H18N2O5/c1-18(2,13-7-5-4-6-8-13)19-16(21)14-11-12(17(22)25-3)9-10-15(14)20(23)24/h4-11H,1-3H3,(H,19,21). The second kappa shape index (κ2) is 7.12. The first-order valence-electron chi connectivity index (χ1n) is 7.51. The molecule has 2 rings (SSSR count).